The summed E-state index contributed by atoms with van der Waals surface area (Å²) in [5.74, 6) is 0.343. The second-order valence-corrected chi connectivity index (χ2v) is 25.7. The van der Waals surface area contributed by atoms with Crippen LogP contribution < -0.4 is 20.1 Å². The number of hydrogen-bond acceptors (Lipinski definition) is 24. The fourth-order valence-corrected chi connectivity index (χ4v) is 12.7. The highest BCUT2D eigenvalue weighted by Crippen LogP contribution is 2.58. The number of fused-ring (bicyclic) bond motifs is 4. The Kier molecular flexibility index (Phi) is 18.8. The number of nitrogens with zero attached hydrogens (tertiary/aromatic N) is 8. The number of phosphoric ester groups is 2. The zero-order chi connectivity index (χ0) is 56.7. The molecule has 4 aromatic heterocycles. The molecule has 3 aliphatic heterocycles. The summed E-state index contributed by atoms with van der Waals surface area (Å²) in [7, 11) is -9.32. The van der Waals surface area contributed by atoms with E-state index in [1.807, 2.05) is 12.1 Å². The Hall–Kier alpha value is -5.74. The van der Waals surface area contributed by atoms with Crippen LogP contribution in [0.5, 0.6) is 11.5 Å². The number of benzene rings is 2. The van der Waals surface area contributed by atoms with Gasteiger partial charge >= 0.3 is 15.6 Å². The lowest BCUT2D eigenvalue weighted by molar-refractivity contribution is -0.118. The van der Waals surface area contributed by atoms with Gasteiger partial charge in [0.25, 0.3) is 11.8 Å². The maximum Gasteiger partial charge on any atom is 0.475 e. The van der Waals surface area contributed by atoms with Crippen molar-refractivity contribution in [2.45, 2.75) is 91.3 Å². The van der Waals surface area contributed by atoms with Gasteiger partial charge in [-0.1, -0.05) is 101 Å². The number of phosphoric acid groups is 2. The van der Waals surface area contributed by atoms with Crippen molar-refractivity contribution < 1.29 is 74.4 Å². The van der Waals surface area contributed by atoms with Crippen LogP contribution in [0.2, 0.25) is 0 Å². The molecule has 8 atom stereocenters. The fraction of sp³-hybridized carbons (Fsp3) is 0.480. The molecule has 3 fully saturated rings. The van der Waals surface area contributed by atoms with Crippen molar-refractivity contribution in [3.05, 3.63) is 86.0 Å². The van der Waals surface area contributed by atoms with Gasteiger partial charge in [0.05, 0.1) is 39.1 Å². The first-order chi connectivity index (χ1) is 38.2. The summed E-state index contributed by atoms with van der Waals surface area (Å²) >= 11 is 1.99. The Balaban J connectivity index is 0.973. The first kappa shape index (κ1) is 58.9. The Labute approximate surface area is 468 Å². The van der Waals surface area contributed by atoms with E-state index < -0.39 is 88.4 Å². The molecule has 3 saturated heterocycles. The summed E-state index contributed by atoms with van der Waals surface area (Å²) in [6.07, 6.45) is -1.47. The molecule has 2 N–H and O–H groups in total. The van der Waals surface area contributed by atoms with E-state index in [9.17, 15) is 19.2 Å². The number of rotatable bonds is 18. The van der Waals surface area contributed by atoms with E-state index >= 15 is 9.13 Å². The number of carbonyl (C=O) groups excluding carboxylic acids is 4. The first-order valence-corrected chi connectivity index (χ1v) is 30.2. The zero-order valence-electron chi connectivity index (χ0n) is 44.4. The number of carbonyl (C=O) groups is 4. The van der Waals surface area contributed by atoms with E-state index in [0.717, 1.165) is 23.5 Å². The summed E-state index contributed by atoms with van der Waals surface area (Å²) in [6.45, 7) is 8.47. The molecule has 0 radical (unpaired) electrons. The molecule has 6 aromatic rings. The lowest BCUT2D eigenvalue weighted by Crippen LogP contribution is -2.33. The highest BCUT2D eigenvalue weighted by Gasteiger charge is 2.49. The number of nitrogens with one attached hydrogen (secondary N) is 2. The maximum absolute atomic E-state index is 15.1. The lowest BCUT2D eigenvalue weighted by Gasteiger charge is -2.29. The Morgan fingerprint density at radius 3 is 1.38 bits per heavy atom. The van der Waals surface area contributed by atoms with E-state index in [1.54, 1.807) is 99.2 Å². The zero-order valence-corrected chi connectivity index (χ0v) is 47.9. The largest absolute Gasteiger partial charge is 0.484 e. The fourth-order valence-electron chi connectivity index (χ4n) is 8.10. The Morgan fingerprint density at radius 2 is 0.988 bits per heavy atom. The second kappa shape index (κ2) is 25.6. The molecule has 0 spiro atoms. The number of ether oxygens (including phenoxy) is 4. The number of imidazole rings is 2. The van der Waals surface area contributed by atoms with Gasteiger partial charge < -0.3 is 29.6 Å². The molecule has 9 rings (SSSR count). The summed E-state index contributed by atoms with van der Waals surface area (Å²) in [5.41, 5.74) is -0.437. The number of aromatic nitrogens is 8. The number of amides is 2. The van der Waals surface area contributed by atoms with Crippen LogP contribution in [0.3, 0.4) is 0 Å². The van der Waals surface area contributed by atoms with Crippen molar-refractivity contribution >= 4 is 95.2 Å². The van der Waals surface area contributed by atoms with E-state index in [-0.39, 0.29) is 95.0 Å². The number of thioether (sulfide) groups is 2. The van der Waals surface area contributed by atoms with Gasteiger partial charge in [0.15, 0.2) is 57.4 Å². The average molecular weight is 1180 g/mol. The third-order valence-electron chi connectivity index (χ3n) is 12.1. The van der Waals surface area contributed by atoms with Crippen LogP contribution in [0.1, 0.15) is 66.8 Å². The number of hydrogen-bond donors (Lipinski definition) is 2. The monoisotopic (exact) mass is 1180 g/mol. The quantitative estimate of drug-likeness (QED) is 0.0609. The van der Waals surface area contributed by atoms with Gasteiger partial charge in [-0.15, -0.1) is 0 Å². The van der Waals surface area contributed by atoms with Gasteiger partial charge in [0.1, 0.15) is 61.0 Å². The van der Waals surface area contributed by atoms with Crippen LogP contribution in [-0.4, -0.2) is 137 Å². The summed E-state index contributed by atoms with van der Waals surface area (Å²) in [6, 6.07) is 17.6. The van der Waals surface area contributed by atoms with Gasteiger partial charge in [-0.05, 0) is 24.3 Å². The summed E-state index contributed by atoms with van der Waals surface area (Å²) in [5, 5.41) is 5.18. The van der Waals surface area contributed by atoms with Crippen molar-refractivity contribution in [3.63, 3.8) is 0 Å². The second-order valence-electron chi connectivity index (χ2n) is 20.3. The van der Waals surface area contributed by atoms with Gasteiger partial charge in [0, 0.05) is 35.2 Å². The molecular formula is C50H60N10O16P2S2. The molecule has 30 heteroatoms. The van der Waals surface area contributed by atoms with Gasteiger partial charge in [-0.2, -0.15) is 0 Å². The van der Waals surface area contributed by atoms with Crippen molar-refractivity contribution in [1.29, 1.82) is 0 Å². The van der Waals surface area contributed by atoms with Crippen LogP contribution in [0, 0.1) is 10.8 Å². The maximum atomic E-state index is 15.1. The third-order valence-corrected chi connectivity index (χ3v) is 17.6. The normalized spacial score (nSPS) is 24.5. The SMILES string of the molecule is CC(C)(C)C(=O)SCCOP1(=O)OC[C@H]2O[C@@H](n3cnc4c(NC(=O)COc5ccccc5)ncnc43)CC2OP(=O)(OCCSC(=O)C(C)(C)C)OC[C@H]2O[C@@H](n3cnc4c(NC(=O)COc5ccccc5)ncnc43)CC2O1. The smallest absolute Gasteiger partial charge is 0.475 e. The van der Waals surface area contributed by atoms with Crippen LogP contribution in [0.25, 0.3) is 22.3 Å². The van der Waals surface area contributed by atoms with Crippen LogP contribution in [0.4, 0.5) is 11.6 Å². The van der Waals surface area contributed by atoms with E-state index in [2.05, 4.69) is 40.5 Å². The molecule has 0 saturated carbocycles. The Bertz CT molecular complexity index is 3040. The molecule has 7 heterocycles. The minimum absolute atomic E-state index is 0.0652. The summed E-state index contributed by atoms with van der Waals surface area (Å²) in [4.78, 5) is 78.0. The summed E-state index contributed by atoms with van der Waals surface area (Å²) < 4.78 is 94.4. The minimum Gasteiger partial charge on any atom is -0.484 e. The predicted molar refractivity (Wildman–Crippen MR) is 291 cm³/mol. The van der Waals surface area contributed by atoms with Gasteiger partial charge in [-0.3, -0.25) is 55.5 Å². The first-order valence-electron chi connectivity index (χ1n) is 25.3. The standard InChI is InChI=1S/C50H60N10O16P2S2/c1-49(2,3)47(63)79-19-17-69-77(65)71-23-35-34(22-40(73-35)60-30-56-42-44(52-28-54-46(42)60)58-38(62)26-68-32-15-11-8-12-16-32)76-78(66,70-18-20-80-48(64)50(4,5)6)72-24-36-33(75-77)21-39(74-36)59-29-55-41-43(51-27-53-45(41)59)57-37(61)25-67-31-13-9-7-10-14-31/h7-16,27-30,33-36,39-40H,17-26H2,1-6H3,(H,51,53,57,61)(H,52,54,58,62)/t33?,34?,35-,36-,39-,40-,77?,78?/m1/s1. The molecule has 2 amide bonds. The van der Waals surface area contributed by atoms with Gasteiger partial charge in [-0.25, -0.2) is 39.0 Å². The van der Waals surface area contributed by atoms with Crippen LogP contribution in [0.15, 0.2) is 86.0 Å². The van der Waals surface area contributed by atoms with Crippen molar-refractivity contribution in [2.75, 3.05) is 61.8 Å². The highest BCUT2D eigenvalue weighted by atomic mass is 32.2. The molecule has 3 aliphatic rings. The molecule has 2 aromatic carbocycles. The predicted octanol–water partition coefficient (Wildman–Crippen LogP) is 7.95. The minimum atomic E-state index is -4.66. The Morgan fingerprint density at radius 1 is 0.588 bits per heavy atom. The van der Waals surface area contributed by atoms with Gasteiger partial charge in [0.2, 0.25) is 0 Å². The average Bonchev–Trinajstić information content (AvgIpc) is 4.26. The molecule has 4 unspecified atom stereocenters. The topological polar surface area (TPSA) is 306 Å². The molecule has 0 bridgehead atoms. The highest BCUT2D eigenvalue weighted by molar-refractivity contribution is 8.14. The molecule has 26 nitrogen and oxygen atoms in total. The van der Waals surface area contributed by atoms with Crippen molar-refractivity contribution in [1.82, 2.24) is 39.0 Å². The number of para-hydroxylation sites is 2. The molecule has 80 heavy (non-hydrogen) atoms. The molecule has 0 aliphatic carbocycles. The van der Waals surface area contributed by atoms with Crippen LogP contribution >= 0.6 is 39.2 Å². The third kappa shape index (κ3) is 15.0. The van der Waals surface area contributed by atoms with E-state index in [1.165, 1.54) is 25.3 Å². The van der Waals surface area contributed by atoms with Crippen LogP contribution in [-0.2, 0) is 64.9 Å². The molecular weight excluding hydrogens is 1120 g/mol. The van der Waals surface area contributed by atoms with E-state index in [4.69, 9.17) is 46.1 Å². The lowest BCUT2D eigenvalue weighted by atomic mass is 9.99. The number of anilines is 2. The van der Waals surface area contributed by atoms with E-state index in [0.29, 0.717) is 11.5 Å². The van der Waals surface area contributed by atoms with Crippen molar-refractivity contribution in [3.8, 4) is 11.5 Å². The molecule has 428 valence electrons. The van der Waals surface area contributed by atoms with Crippen molar-refractivity contribution in [2.24, 2.45) is 10.8 Å².